The van der Waals surface area contributed by atoms with E-state index in [1.807, 2.05) is 0 Å². The number of hydrogen-bond donors (Lipinski definition) is 1. The Balaban J connectivity index is 2.16. The van der Waals surface area contributed by atoms with Gasteiger partial charge in [0, 0.05) is 13.0 Å². The van der Waals surface area contributed by atoms with Gasteiger partial charge in [0.05, 0.1) is 18.0 Å². The number of oxime groups is 1. The van der Waals surface area contributed by atoms with Crippen LogP contribution in [0.15, 0.2) is 28.9 Å². The maximum absolute atomic E-state index is 14.1. The molecule has 1 atom stereocenters. The molecule has 2 aliphatic heterocycles. The van der Waals surface area contributed by atoms with Crippen LogP contribution in [0.2, 0.25) is 0 Å². The van der Waals surface area contributed by atoms with Gasteiger partial charge in [-0.2, -0.15) is 17.6 Å². The first-order chi connectivity index (χ1) is 11.1. The van der Waals surface area contributed by atoms with Crippen molar-refractivity contribution in [1.82, 2.24) is 9.80 Å². The average molecular weight is 390 g/mol. The maximum atomic E-state index is 14.1. The molecule has 0 spiro atoms. The van der Waals surface area contributed by atoms with Crippen molar-refractivity contribution in [2.75, 3.05) is 18.3 Å². The summed E-state index contributed by atoms with van der Waals surface area (Å²) >= 11 is 6.63. The molecule has 24 heavy (non-hydrogen) atoms. The number of thioether (sulfide) groups is 1. The molecule has 0 fully saturated rings. The minimum absolute atomic E-state index is 0.00551. The zero-order valence-electron chi connectivity index (χ0n) is 12.9. The second-order valence-corrected chi connectivity index (χ2v) is 6.73. The van der Waals surface area contributed by atoms with Gasteiger partial charge in [0.2, 0.25) is 11.8 Å². The normalized spacial score (nSPS) is 25.0. The van der Waals surface area contributed by atoms with Crippen LogP contribution in [0.5, 0.6) is 0 Å². The molecule has 0 amide bonds. The fourth-order valence-electron chi connectivity index (χ4n) is 2.10. The summed E-state index contributed by atoms with van der Waals surface area (Å²) in [7, 11) is 0. The summed E-state index contributed by atoms with van der Waals surface area (Å²) in [6.07, 6.45) is -3.78. The Kier molecular flexibility index (Phi) is 5.48. The number of rotatable bonds is 4. The Labute approximate surface area is 145 Å². The van der Waals surface area contributed by atoms with Crippen LogP contribution < -0.4 is 0 Å². The Morgan fingerprint density at radius 2 is 2.17 bits per heavy atom. The number of hydrogen-bond acceptors (Lipinski definition) is 6. The molecule has 5 nitrogen and oxygen atoms in total. The number of halogens is 5. The van der Waals surface area contributed by atoms with Crippen LogP contribution in [-0.4, -0.2) is 50.0 Å². The molecule has 0 aromatic rings. The predicted octanol–water partition coefficient (Wildman–Crippen LogP) is 4.10. The third kappa shape index (κ3) is 3.85. The zero-order chi connectivity index (χ0) is 18.1. The molecular formula is C13H16ClF4N3O2S. The van der Waals surface area contributed by atoms with Crippen molar-refractivity contribution in [2.24, 2.45) is 5.16 Å². The Hall–Kier alpha value is -1.29. The number of nitrogens with zero attached hydrogens (tertiary/aromatic N) is 3. The van der Waals surface area contributed by atoms with E-state index in [2.05, 4.69) is 5.16 Å². The number of allylic oxidation sites excluding steroid dienone is 1. The minimum atomic E-state index is -4.91. The standard InChI is InChI=1S/C13H16ClF4N3O2S/c1-3-20-5-8(15)21(10(11(20)22)13(16,17)18)7-24-9-4-12(2,6-14)23-19-9/h5,22H,3-4,6-7H2,1-2H3. The van der Waals surface area contributed by atoms with Crippen LogP contribution in [0.1, 0.15) is 20.3 Å². The van der Waals surface area contributed by atoms with Gasteiger partial charge < -0.3 is 14.8 Å². The molecule has 2 heterocycles. The van der Waals surface area contributed by atoms with Crippen LogP contribution in [-0.2, 0) is 4.84 Å². The van der Waals surface area contributed by atoms with Gasteiger partial charge in [0.25, 0.3) is 0 Å². The highest BCUT2D eigenvalue weighted by Gasteiger charge is 2.46. The summed E-state index contributed by atoms with van der Waals surface area (Å²) in [6.45, 7) is 3.20. The first-order valence-corrected chi connectivity index (χ1v) is 8.49. The SMILES string of the molecule is CCN1C=C(F)N(CSC2=NOC(C)(CCl)C2)C(C(F)(F)F)=C1O. The highest BCUT2D eigenvalue weighted by Crippen LogP contribution is 2.39. The number of aliphatic hydroxyl groups is 1. The Bertz CT molecular complexity index is 596. The first-order valence-electron chi connectivity index (χ1n) is 6.97. The summed E-state index contributed by atoms with van der Waals surface area (Å²) in [4.78, 5) is 6.29. The quantitative estimate of drug-likeness (QED) is 0.445. The molecule has 136 valence electrons. The van der Waals surface area contributed by atoms with Crippen LogP contribution in [0.3, 0.4) is 0 Å². The fourth-order valence-corrected chi connectivity index (χ4v) is 3.27. The molecule has 11 heteroatoms. The Morgan fingerprint density at radius 3 is 2.67 bits per heavy atom. The smallest absolute Gasteiger partial charge is 0.436 e. The average Bonchev–Trinajstić information content (AvgIpc) is 2.88. The maximum Gasteiger partial charge on any atom is 0.436 e. The van der Waals surface area contributed by atoms with Gasteiger partial charge in [-0.25, -0.2) is 0 Å². The largest absolute Gasteiger partial charge is 0.493 e. The van der Waals surface area contributed by atoms with Crippen molar-refractivity contribution >= 4 is 28.4 Å². The topological polar surface area (TPSA) is 48.3 Å². The third-order valence-corrected chi connectivity index (χ3v) is 4.92. The van der Waals surface area contributed by atoms with Crippen molar-refractivity contribution in [3.63, 3.8) is 0 Å². The molecule has 2 rings (SSSR count). The molecule has 0 saturated heterocycles. The van der Waals surface area contributed by atoms with Gasteiger partial charge in [0.1, 0.15) is 5.04 Å². The van der Waals surface area contributed by atoms with Gasteiger partial charge in [-0.1, -0.05) is 16.9 Å². The summed E-state index contributed by atoms with van der Waals surface area (Å²) in [5.74, 6) is -2.41. The zero-order valence-corrected chi connectivity index (χ0v) is 14.5. The van der Waals surface area contributed by atoms with E-state index in [1.54, 1.807) is 6.92 Å². The lowest BCUT2D eigenvalue weighted by Gasteiger charge is -2.34. The predicted molar refractivity (Wildman–Crippen MR) is 83.8 cm³/mol. The fraction of sp³-hybridized carbons (Fsp3) is 0.615. The number of alkyl halides is 4. The summed E-state index contributed by atoms with van der Waals surface area (Å²) in [5, 5.41) is 14.0. The molecule has 1 unspecified atom stereocenters. The van der Waals surface area contributed by atoms with Crippen molar-refractivity contribution in [3.05, 3.63) is 23.7 Å². The lowest BCUT2D eigenvalue weighted by atomic mass is 10.1. The van der Waals surface area contributed by atoms with Crippen molar-refractivity contribution in [3.8, 4) is 0 Å². The van der Waals surface area contributed by atoms with E-state index in [0.29, 0.717) is 16.4 Å². The van der Waals surface area contributed by atoms with E-state index in [4.69, 9.17) is 16.4 Å². The van der Waals surface area contributed by atoms with Crippen LogP contribution in [0.4, 0.5) is 17.6 Å². The molecule has 2 aliphatic rings. The molecule has 0 saturated carbocycles. The van der Waals surface area contributed by atoms with Crippen LogP contribution >= 0.6 is 23.4 Å². The number of aliphatic hydroxyl groups excluding tert-OH is 1. The molecule has 0 aromatic carbocycles. The van der Waals surface area contributed by atoms with Gasteiger partial charge in [-0.3, -0.25) is 4.90 Å². The van der Waals surface area contributed by atoms with E-state index in [-0.39, 0.29) is 12.4 Å². The molecule has 0 aromatic heterocycles. The summed E-state index contributed by atoms with van der Waals surface area (Å²) in [5.41, 5.74) is -2.17. The molecule has 1 N–H and O–H groups in total. The Morgan fingerprint density at radius 1 is 1.50 bits per heavy atom. The molecule has 0 aliphatic carbocycles. The highest BCUT2D eigenvalue weighted by molar-refractivity contribution is 8.13. The summed E-state index contributed by atoms with van der Waals surface area (Å²) < 4.78 is 53.8. The van der Waals surface area contributed by atoms with Gasteiger partial charge >= 0.3 is 6.18 Å². The van der Waals surface area contributed by atoms with Crippen LogP contribution in [0, 0.1) is 0 Å². The third-order valence-electron chi connectivity index (χ3n) is 3.42. The van der Waals surface area contributed by atoms with E-state index < -0.39 is 35.2 Å². The highest BCUT2D eigenvalue weighted by atomic mass is 35.5. The summed E-state index contributed by atoms with van der Waals surface area (Å²) in [6, 6.07) is 0. The van der Waals surface area contributed by atoms with Crippen molar-refractivity contribution in [2.45, 2.75) is 32.0 Å². The van der Waals surface area contributed by atoms with E-state index >= 15 is 0 Å². The lowest BCUT2D eigenvalue weighted by Crippen LogP contribution is -2.39. The lowest BCUT2D eigenvalue weighted by molar-refractivity contribution is -0.116. The van der Waals surface area contributed by atoms with E-state index in [9.17, 15) is 22.7 Å². The van der Waals surface area contributed by atoms with Crippen LogP contribution in [0.25, 0.3) is 0 Å². The molecular weight excluding hydrogens is 374 g/mol. The van der Waals surface area contributed by atoms with Gasteiger partial charge in [-0.15, -0.1) is 11.6 Å². The van der Waals surface area contributed by atoms with E-state index in [0.717, 1.165) is 22.9 Å². The molecule has 0 radical (unpaired) electrons. The monoisotopic (exact) mass is 389 g/mol. The van der Waals surface area contributed by atoms with Crippen molar-refractivity contribution < 1.29 is 27.5 Å². The minimum Gasteiger partial charge on any atom is -0.493 e. The van der Waals surface area contributed by atoms with Crippen molar-refractivity contribution in [1.29, 1.82) is 0 Å². The van der Waals surface area contributed by atoms with Gasteiger partial charge in [-0.05, 0) is 13.8 Å². The first kappa shape index (κ1) is 19.0. The van der Waals surface area contributed by atoms with E-state index in [1.165, 1.54) is 6.92 Å². The molecule has 0 bridgehead atoms. The second kappa shape index (κ2) is 6.91. The van der Waals surface area contributed by atoms with Gasteiger partial charge in [0.15, 0.2) is 11.3 Å². The second-order valence-electron chi connectivity index (χ2n) is 5.45.